The van der Waals surface area contributed by atoms with Gasteiger partial charge < -0.3 is 9.57 Å². The Hall–Kier alpha value is -1.97. The van der Waals surface area contributed by atoms with Crippen LogP contribution in [0.3, 0.4) is 0 Å². The SMILES string of the molecule is CC(C)(C)OC(=O)On1ccc2ccccc21. The first-order valence-electron chi connectivity index (χ1n) is 5.43. The molecule has 4 nitrogen and oxygen atoms in total. The summed E-state index contributed by atoms with van der Waals surface area (Å²) >= 11 is 0. The molecule has 0 aliphatic heterocycles. The molecule has 17 heavy (non-hydrogen) atoms. The monoisotopic (exact) mass is 233 g/mol. The molecule has 0 amide bonds. The van der Waals surface area contributed by atoms with Crippen molar-refractivity contribution in [2.24, 2.45) is 0 Å². The minimum atomic E-state index is -0.709. The van der Waals surface area contributed by atoms with Gasteiger partial charge in [0.2, 0.25) is 0 Å². The maximum absolute atomic E-state index is 11.5. The Balaban J connectivity index is 2.16. The molecule has 0 radical (unpaired) electrons. The number of ether oxygens (including phenoxy) is 1. The molecule has 0 unspecified atom stereocenters. The summed E-state index contributed by atoms with van der Waals surface area (Å²) in [5.74, 6) is 0. The van der Waals surface area contributed by atoms with E-state index in [0.717, 1.165) is 10.9 Å². The van der Waals surface area contributed by atoms with Crippen LogP contribution in [0, 0.1) is 0 Å². The van der Waals surface area contributed by atoms with Gasteiger partial charge in [-0.05, 0) is 32.9 Å². The summed E-state index contributed by atoms with van der Waals surface area (Å²) in [4.78, 5) is 16.6. The van der Waals surface area contributed by atoms with Gasteiger partial charge in [-0.2, -0.15) is 4.73 Å². The molecule has 1 aromatic carbocycles. The van der Waals surface area contributed by atoms with E-state index in [2.05, 4.69) is 0 Å². The van der Waals surface area contributed by atoms with Crippen LogP contribution in [0.25, 0.3) is 10.9 Å². The van der Waals surface area contributed by atoms with Crippen LogP contribution < -0.4 is 4.84 Å². The number of carbonyl (C=O) groups is 1. The van der Waals surface area contributed by atoms with Crippen molar-refractivity contribution in [1.82, 2.24) is 4.73 Å². The van der Waals surface area contributed by atoms with Crippen molar-refractivity contribution in [2.75, 3.05) is 0 Å². The van der Waals surface area contributed by atoms with Crippen LogP contribution in [0.4, 0.5) is 4.79 Å². The molecule has 0 atom stereocenters. The van der Waals surface area contributed by atoms with Crippen molar-refractivity contribution in [3.63, 3.8) is 0 Å². The van der Waals surface area contributed by atoms with Crippen molar-refractivity contribution in [3.8, 4) is 0 Å². The first kappa shape index (κ1) is 11.5. The lowest BCUT2D eigenvalue weighted by Gasteiger charge is -2.18. The van der Waals surface area contributed by atoms with Gasteiger partial charge in [0.1, 0.15) is 5.60 Å². The zero-order chi connectivity index (χ0) is 12.5. The number of para-hydroxylation sites is 1. The van der Waals surface area contributed by atoms with Gasteiger partial charge in [0.25, 0.3) is 0 Å². The average molecular weight is 233 g/mol. The number of nitrogens with zero attached hydrogens (tertiary/aromatic N) is 1. The molecule has 0 fully saturated rings. The van der Waals surface area contributed by atoms with Crippen molar-refractivity contribution >= 4 is 17.1 Å². The third kappa shape index (κ3) is 2.78. The fourth-order valence-corrected chi connectivity index (χ4v) is 1.49. The Morgan fingerprint density at radius 2 is 1.88 bits per heavy atom. The zero-order valence-corrected chi connectivity index (χ0v) is 10.1. The van der Waals surface area contributed by atoms with Crippen LogP contribution >= 0.6 is 0 Å². The topological polar surface area (TPSA) is 40.5 Å². The van der Waals surface area contributed by atoms with Crippen LogP contribution in [0.15, 0.2) is 36.5 Å². The molecule has 0 aliphatic rings. The Morgan fingerprint density at radius 1 is 1.18 bits per heavy atom. The molecule has 0 aliphatic carbocycles. The fourth-order valence-electron chi connectivity index (χ4n) is 1.49. The summed E-state index contributed by atoms with van der Waals surface area (Å²) in [7, 11) is 0. The molecule has 1 heterocycles. The molecule has 90 valence electrons. The molecule has 0 bridgehead atoms. The van der Waals surface area contributed by atoms with Gasteiger partial charge in [-0.15, -0.1) is 0 Å². The summed E-state index contributed by atoms with van der Waals surface area (Å²) in [5.41, 5.74) is 0.276. The zero-order valence-electron chi connectivity index (χ0n) is 10.1. The highest BCUT2D eigenvalue weighted by molar-refractivity contribution is 5.80. The van der Waals surface area contributed by atoms with Crippen LogP contribution in [0.5, 0.6) is 0 Å². The van der Waals surface area contributed by atoms with Crippen LogP contribution in [0.1, 0.15) is 20.8 Å². The molecule has 0 N–H and O–H groups in total. The van der Waals surface area contributed by atoms with Crippen LogP contribution in [-0.2, 0) is 4.74 Å². The average Bonchev–Trinajstić information content (AvgIpc) is 2.59. The lowest BCUT2D eigenvalue weighted by Crippen LogP contribution is -2.29. The lowest BCUT2D eigenvalue weighted by molar-refractivity contribution is -0.00872. The predicted octanol–water partition coefficient (Wildman–Crippen LogP) is 3.01. The third-order valence-electron chi connectivity index (χ3n) is 2.13. The van der Waals surface area contributed by atoms with Gasteiger partial charge in [0.05, 0.1) is 5.52 Å². The van der Waals surface area contributed by atoms with E-state index in [9.17, 15) is 4.79 Å². The Morgan fingerprint density at radius 3 is 2.59 bits per heavy atom. The number of rotatable bonds is 1. The van der Waals surface area contributed by atoms with E-state index in [1.165, 1.54) is 4.73 Å². The fraction of sp³-hybridized carbons (Fsp3) is 0.308. The van der Waals surface area contributed by atoms with Crippen molar-refractivity contribution in [1.29, 1.82) is 0 Å². The van der Waals surface area contributed by atoms with E-state index >= 15 is 0 Å². The molecule has 2 aromatic rings. The van der Waals surface area contributed by atoms with Crippen molar-refractivity contribution < 1.29 is 14.4 Å². The standard InChI is InChI=1S/C13H15NO3/c1-13(2,3)16-12(15)17-14-9-8-10-6-4-5-7-11(10)14/h4-9H,1-3H3. The summed E-state index contributed by atoms with van der Waals surface area (Å²) in [5, 5.41) is 1.01. The Bertz CT molecular complexity index is 537. The van der Waals surface area contributed by atoms with Gasteiger partial charge in [0.15, 0.2) is 0 Å². The maximum atomic E-state index is 11.5. The quantitative estimate of drug-likeness (QED) is 0.711. The highest BCUT2D eigenvalue weighted by Gasteiger charge is 2.18. The first-order chi connectivity index (χ1) is 7.96. The largest absolute Gasteiger partial charge is 0.534 e. The highest BCUT2D eigenvalue weighted by Crippen LogP contribution is 2.14. The second-order valence-electron chi connectivity index (χ2n) is 4.76. The highest BCUT2D eigenvalue weighted by atomic mass is 16.8. The molecule has 0 saturated heterocycles. The summed E-state index contributed by atoms with van der Waals surface area (Å²) in [6.45, 7) is 5.38. The Kier molecular flexibility index (Phi) is 2.79. The predicted molar refractivity (Wildman–Crippen MR) is 64.8 cm³/mol. The van der Waals surface area contributed by atoms with Gasteiger partial charge in [-0.3, -0.25) is 0 Å². The minimum absolute atomic E-state index is 0.556. The van der Waals surface area contributed by atoms with E-state index in [-0.39, 0.29) is 0 Å². The number of aromatic nitrogens is 1. The minimum Gasteiger partial charge on any atom is -0.427 e. The van der Waals surface area contributed by atoms with E-state index in [0.29, 0.717) is 0 Å². The first-order valence-corrected chi connectivity index (χ1v) is 5.43. The molecule has 1 aromatic heterocycles. The van der Waals surface area contributed by atoms with Gasteiger partial charge in [-0.25, -0.2) is 4.79 Å². The number of hydrogen-bond acceptors (Lipinski definition) is 3. The van der Waals surface area contributed by atoms with Crippen molar-refractivity contribution in [3.05, 3.63) is 36.5 Å². The third-order valence-corrected chi connectivity index (χ3v) is 2.13. The molecule has 2 rings (SSSR count). The van der Waals surface area contributed by atoms with Crippen molar-refractivity contribution in [2.45, 2.75) is 26.4 Å². The number of benzene rings is 1. The summed E-state index contributed by atoms with van der Waals surface area (Å²) in [6.07, 6.45) is 0.980. The van der Waals surface area contributed by atoms with E-state index < -0.39 is 11.8 Å². The summed E-state index contributed by atoms with van der Waals surface area (Å²) in [6, 6.07) is 9.52. The molecular weight excluding hydrogens is 218 g/mol. The Labute approximate surface area is 99.7 Å². The molecule has 4 heteroatoms. The molecule has 0 spiro atoms. The lowest BCUT2D eigenvalue weighted by atomic mass is 10.2. The number of carbonyl (C=O) groups excluding carboxylic acids is 1. The van der Waals surface area contributed by atoms with Gasteiger partial charge >= 0.3 is 6.16 Å². The van der Waals surface area contributed by atoms with Crippen LogP contribution in [0.2, 0.25) is 0 Å². The van der Waals surface area contributed by atoms with E-state index in [1.807, 2.05) is 30.3 Å². The van der Waals surface area contributed by atoms with Crippen LogP contribution in [-0.4, -0.2) is 16.5 Å². The molecular formula is C13H15NO3. The second kappa shape index (κ2) is 4.13. The normalized spacial score (nSPS) is 11.5. The second-order valence-corrected chi connectivity index (χ2v) is 4.76. The van der Waals surface area contributed by atoms with E-state index in [4.69, 9.17) is 9.57 Å². The summed E-state index contributed by atoms with van der Waals surface area (Å²) < 4.78 is 6.48. The van der Waals surface area contributed by atoms with Gasteiger partial charge in [0, 0.05) is 11.6 Å². The van der Waals surface area contributed by atoms with Gasteiger partial charge in [-0.1, -0.05) is 18.2 Å². The molecule has 0 saturated carbocycles. The smallest absolute Gasteiger partial charge is 0.427 e. The number of fused-ring (bicyclic) bond motifs is 1. The maximum Gasteiger partial charge on any atom is 0.534 e. The van der Waals surface area contributed by atoms with E-state index in [1.54, 1.807) is 27.0 Å². The number of hydrogen-bond donors (Lipinski definition) is 0.